The average molecular weight is 393 g/mol. The molecule has 1 aromatic heterocycles. The van der Waals surface area contributed by atoms with Gasteiger partial charge < -0.3 is 10.4 Å². The van der Waals surface area contributed by atoms with Crippen molar-refractivity contribution in [3.05, 3.63) is 82.2 Å². The lowest BCUT2D eigenvalue weighted by Crippen LogP contribution is -2.22. The van der Waals surface area contributed by atoms with E-state index in [-0.39, 0.29) is 17.8 Å². The predicted octanol–water partition coefficient (Wildman–Crippen LogP) is 3.87. The first-order valence-corrected chi connectivity index (χ1v) is 8.62. The second-order valence-corrected chi connectivity index (χ2v) is 6.48. The fraction of sp³-hybridized carbons (Fsp3) is 0.250. The van der Waals surface area contributed by atoms with Gasteiger partial charge in [-0.15, -0.1) is 0 Å². The van der Waals surface area contributed by atoms with E-state index in [2.05, 4.69) is 10.4 Å². The van der Waals surface area contributed by atoms with Gasteiger partial charge in [0.2, 0.25) is 0 Å². The van der Waals surface area contributed by atoms with Crippen LogP contribution in [0.1, 0.15) is 28.6 Å². The molecule has 3 rings (SSSR count). The van der Waals surface area contributed by atoms with Crippen molar-refractivity contribution in [2.75, 3.05) is 6.54 Å². The monoisotopic (exact) mass is 393 g/mol. The van der Waals surface area contributed by atoms with E-state index >= 15 is 0 Å². The van der Waals surface area contributed by atoms with Crippen LogP contribution in [0.15, 0.2) is 36.4 Å². The second-order valence-electron chi connectivity index (χ2n) is 6.48. The third-order valence-corrected chi connectivity index (χ3v) is 4.55. The molecule has 148 valence electrons. The van der Waals surface area contributed by atoms with Crippen LogP contribution in [0.3, 0.4) is 0 Å². The Balaban J connectivity index is 1.71. The van der Waals surface area contributed by atoms with E-state index in [1.807, 2.05) is 0 Å². The molecule has 0 radical (unpaired) electrons. The number of aryl methyl sites for hydroxylation is 1. The summed E-state index contributed by atoms with van der Waals surface area (Å²) in [6.07, 6.45) is -1.03. The standard InChI is InChI=1S/C20H19F4N3O/c1-11-15(9-25-10-20(28)13-3-5-16(22)17(23)7-13)12(2)27(26-11)19-6-4-14(21)8-18(19)24/h3-8,20,25,28H,9-10H2,1-2H3. The lowest BCUT2D eigenvalue weighted by Gasteiger charge is -2.13. The van der Waals surface area contributed by atoms with Crippen molar-refractivity contribution >= 4 is 0 Å². The number of nitrogens with zero attached hydrogens (tertiary/aromatic N) is 2. The van der Waals surface area contributed by atoms with E-state index in [4.69, 9.17) is 0 Å². The fourth-order valence-electron chi connectivity index (χ4n) is 2.99. The summed E-state index contributed by atoms with van der Waals surface area (Å²) in [5.74, 6) is -3.39. The minimum Gasteiger partial charge on any atom is -0.387 e. The molecule has 0 spiro atoms. The van der Waals surface area contributed by atoms with Crippen LogP contribution >= 0.6 is 0 Å². The summed E-state index contributed by atoms with van der Waals surface area (Å²) < 4.78 is 54.9. The Hall–Kier alpha value is -2.71. The van der Waals surface area contributed by atoms with Crippen molar-refractivity contribution < 1.29 is 22.7 Å². The molecule has 0 fully saturated rings. The Morgan fingerprint density at radius 3 is 2.43 bits per heavy atom. The van der Waals surface area contributed by atoms with E-state index in [0.717, 1.165) is 29.8 Å². The number of aliphatic hydroxyl groups excluding tert-OH is 1. The first kappa shape index (κ1) is 20.0. The van der Waals surface area contributed by atoms with E-state index in [1.54, 1.807) is 13.8 Å². The molecule has 28 heavy (non-hydrogen) atoms. The predicted molar refractivity (Wildman–Crippen MR) is 96.0 cm³/mol. The molecule has 0 saturated heterocycles. The van der Waals surface area contributed by atoms with E-state index in [1.165, 1.54) is 16.8 Å². The highest BCUT2D eigenvalue weighted by Gasteiger charge is 2.16. The van der Waals surface area contributed by atoms with Gasteiger partial charge in [-0.1, -0.05) is 6.07 Å². The van der Waals surface area contributed by atoms with Crippen LogP contribution in [0.4, 0.5) is 17.6 Å². The third-order valence-electron chi connectivity index (χ3n) is 4.55. The number of aliphatic hydroxyl groups is 1. The highest BCUT2D eigenvalue weighted by Crippen LogP contribution is 2.21. The maximum absolute atomic E-state index is 14.1. The number of benzene rings is 2. The zero-order chi connectivity index (χ0) is 20.4. The van der Waals surface area contributed by atoms with Crippen LogP contribution < -0.4 is 5.32 Å². The molecule has 0 aliphatic carbocycles. The molecule has 8 heteroatoms. The third kappa shape index (κ3) is 4.07. The molecule has 0 bridgehead atoms. The number of aromatic nitrogens is 2. The minimum absolute atomic E-state index is 0.0973. The Morgan fingerprint density at radius 2 is 1.75 bits per heavy atom. The molecule has 1 atom stereocenters. The Morgan fingerprint density at radius 1 is 1.00 bits per heavy atom. The highest BCUT2D eigenvalue weighted by atomic mass is 19.2. The lowest BCUT2D eigenvalue weighted by atomic mass is 10.1. The highest BCUT2D eigenvalue weighted by molar-refractivity contribution is 5.38. The normalized spacial score (nSPS) is 12.4. The smallest absolute Gasteiger partial charge is 0.159 e. The zero-order valence-corrected chi connectivity index (χ0v) is 15.3. The summed E-state index contributed by atoms with van der Waals surface area (Å²) in [5.41, 5.74) is 2.49. The number of hydrogen-bond acceptors (Lipinski definition) is 3. The molecule has 2 aromatic carbocycles. The molecule has 4 nitrogen and oxygen atoms in total. The molecule has 1 heterocycles. The largest absolute Gasteiger partial charge is 0.387 e. The van der Waals surface area contributed by atoms with Gasteiger partial charge in [0.05, 0.1) is 11.8 Å². The van der Waals surface area contributed by atoms with E-state index in [0.29, 0.717) is 17.9 Å². The number of halogens is 4. The van der Waals surface area contributed by atoms with Gasteiger partial charge in [0.15, 0.2) is 17.5 Å². The van der Waals surface area contributed by atoms with Crippen LogP contribution in [0.25, 0.3) is 5.69 Å². The second kappa shape index (κ2) is 8.12. The molecule has 0 aliphatic rings. The molecule has 2 N–H and O–H groups in total. The quantitative estimate of drug-likeness (QED) is 0.625. The Bertz CT molecular complexity index is 1000. The van der Waals surface area contributed by atoms with Crippen molar-refractivity contribution in [3.8, 4) is 5.69 Å². The van der Waals surface area contributed by atoms with Gasteiger partial charge in [-0.2, -0.15) is 5.10 Å². The molecule has 1 unspecified atom stereocenters. The first-order chi connectivity index (χ1) is 13.3. The van der Waals surface area contributed by atoms with Crippen molar-refractivity contribution in [3.63, 3.8) is 0 Å². The summed E-state index contributed by atoms with van der Waals surface area (Å²) in [7, 11) is 0. The maximum atomic E-state index is 14.1. The molecule has 0 aliphatic heterocycles. The zero-order valence-electron chi connectivity index (χ0n) is 15.3. The van der Waals surface area contributed by atoms with Gasteiger partial charge >= 0.3 is 0 Å². The van der Waals surface area contributed by atoms with Crippen molar-refractivity contribution in [1.29, 1.82) is 0 Å². The number of hydrogen-bond donors (Lipinski definition) is 2. The minimum atomic E-state index is -1.03. The summed E-state index contributed by atoms with van der Waals surface area (Å²) >= 11 is 0. The number of rotatable bonds is 6. The van der Waals surface area contributed by atoms with E-state index < -0.39 is 29.4 Å². The van der Waals surface area contributed by atoms with Crippen molar-refractivity contribution in [2.45, 2.75) is 26.5 Å². The van der Waals surface area contributed by atoms with Crippen LogP contribution in [-0.4, -0.2) is 21.4 Å². The fourth-order valence-corrected chi connectivity index (χ4v) is 2.99. The van der Waals surface area contributed by atoms with Gasteiger partial charge in [-0.25, -0.2) is 22.2 Å². The molecule has 0 amide bonds. The van der Waals surface area contributed by atoms with Crippen molar-refractivity contribution in [2.24, 2.45) is 0 Å². The Labute approximate surface area is 159 Å². The molecular formula is C20H19F4N3O. The van der Waals surface area contributed by atoms with Gasteiger partial charge in [-0.3, -0.25) is 0 Å². The average Bonchev–Trinajstić information content (AvgIpc) is 2.92. The van der Waals surface area contributed by atoms with Gasteiger partial charge in [0, 0.05) is 30.4 Å². The number of nitrogens with one attached hydrogen (secondary N) is 1. The van der Waals surface area contributed by atoms with Crippen LogP contribution in [-0.2, 0) is 6.54 Å². The Kier molecular flexibility index (Phi) is 5.81. The summed E-state index contributed by atoms with van der Waals surface area (Å²) in [6, 6.07) is 6.49. The summed E-state index contributed by atoms with van der Waals surface area (Å²) in [5, 5.41) is 17.5. The molecular weight excluding hydrogens is 374 g/mol. The SMILES string of the molecule is Cc1nn(-c2ccc(F)cc2F)c(C)c1CNCC(O)c1ccc(F)c(F)c1. The molecule has 3 aromatic rings. The summed E-state index contributed by atoms with van der Waals surface area (Å²) in [4.78, 5) is 0. The van der Waals surface area contributed by atoms with Crippen molar-refractivity contribution in [1.82, 2.24) is 15.1 Å². The van der Waals surface area contributed by atoms with Crippen LogP contribution in [0.5, 0.6) is 0 Å². The van der Waals surface area contributed by atoms with E-state index in [9.17, 15) is 22.7 Å². The first-order valence-electron chi connectivity index (χ1n) is 8.62. The van der Waals surface area contributed by atoms with Gasteiger partial charge in [0.25, 0.3) is 0 Å². The topological polar surface area (TPSA) is 50.1 Å². The van der Waals surface area contributed by atoms with Gasteiger partial charge in [-0.05, 0) is 43.7 Å². The van der Waals surface area contributed by atoms with Gasteiger partial charge in [0.1, 0.15) is 11.5 Å². The molecule has 0 saturated carbocycles. The van der Waals surface area contributed by atoms with Crippen LogP contribution in [0, 0.1) is 37.1 Å². The lowest BCUT2D eigenvalue weighted by molar-refractivity contribution is 0.173. The summed E-state index contributed by atoms with van der Waals surface area (Å²) in [6.45, 7) is 3.93. The van der Waals surface area contributed by atoms with Crippen LogP contribution in [0.2, 0.25) is 0 Å². The maximum Gasteiger partial charge on any atom is 0.159 e.